The van der Waals surface area contributed by atoms with Crippen molar-refractivity contribution in [3.05, 3.63) is 29.6 Å². The van der Waals surface area contributed by atoms with Crippen molar-refractivity contribution >= 4 is 22.4 Å². The molecule has 1 aromatic carbocycles. The zero-order valence-electron chi connectivity index (χ0n) is 13.4. The lowest BCUT2D eigenvalue weighted by molar-refractivity contribution is -0.182. The zero-order valence-corrected chi connectivity index (χ0v) is 15.1. The number of hydrogen-bond donors (Lipinski definition) is 2. The summed E-state index contributed by atoms with van der Waals surface area (Å²) in [6.45, 7) is 1.84. The third-order valence-electron chi connectivity index (χ3n) is 3.76. The Morgan fingerprint density at radius 3 is 2.36 bits per heavy atom. The Bertz CT molecular complexity index is 659. The van der Waals surface area contributed by atoms with Crippen molar-refractivity contribution in [3.63, 3.8) is 0 Å². The number of halogens is 5. The number of hydrogen-bond acceptors (Lipinski definition) is 4. The largest absolute Gasteiger partial charge is 0.405 e. The van der Waals surface area contributed by atoms with E-state index in [4.69, 9.17) is 0 Å². The van der Waals surface area contributed by atoms with Crippen LogP contribution in [0.2, 0.25) is 0 Å². The van der Waals surface area contributed by atoms with E-state index >= 15 is 0 Å². The zero-order chi connectivity index (χ0) is 18.0. The van der Waals surface area contributed by atoms with Gasteiger partial charge < -0.3 is 5.32 Å². The van der Waals surface area contributed by atoms with Crippen molar-refractivity contribution in [2.45, 2.75) is 24.0 Å². The average molecular weight is 406 g/mol. The molecule has 1 saturated heterocycles. The van der Waals surface area contributed by atoms with Crippen molar-refractivity contribution < 1.29 is 26.0 Å². The molecule has 1 aromatic rings. The van der Waals surface area contributed by atoms with Gasteiger partial charge in [0.25, 0.3) is 0 Å². The maximum Gasteiger partial charge on any atom is 0.405 e. The van der Waals surface area contributed by atoms with Gasteiger partial charge in [0.15, 0.2) is 0 Å². The molecule has 0 saturated carbocycles. The number of piperazine rings is 1. The van der Waals surface area contributed by atoms with Gasteiger partial charge in [-0.2, -0.15) is 13.2 Å². The summed E-state index contributed by atoms with van der Waals surface area (Å²) in [5.41, 5.74) is 0.366. The summed E-state index contributed by atoms with van der Waals surface area (Å²) in [7, 11) is -4.23. The van der Waals surface area contributed by atoms with Crippen LogP contribution in [0.5, 0.6) is 0 Å². The minimum absolute atomic E-state index is 0. The van der Waals surface area contributed by atoms with E-state index in [1.165, 1.54) is 17.9 Å². The van der Waals surface area contributed by atoms with Gasteiger partial charge in [0, 0.05) is 32.7 Å². The van der Waals surface area contributed by atoms with Crippen LogP contribution >= 0.6 is 12.4 Å². The van der Waals surface area contributed by atoms with Crippen molar-refractivity contribution in [2.24, 2.45) is 0 Å². The van der Waals surface area contributed by atoms with Gasteiger partial charge in [-0.3, -0.25) is 4.90 Å². The molecule has 0 amide bonds. The molecule has 0 aliphatic carbocycles. The van der Waals surface area contributed by atoms with Gasteiger partial charge in [-0.05, 0) is 30.7 Å². The highest BCUT2D eigenvalue weighted by molar-refractivity contribution is 7.89. The van der Waals surface area contributed by atoms with E-state index in [2.05, 4.69) is 5.32 Å². The van der Waals surface area contributed by atoms with Gasteiger partial charge in [0.05, 0.1) is 4.90 Å². The molecule has 0 bridgehead atoms. The Morgan fingerprint density at radius 2 is 1.84 bits per heavy atom. The highest BCUT2D eigenvalue weighted by Crippen LogP contribution is 2.25. The molecule has 11 heteroatoms. The Balaban J connectivity index is 0.00000312. The van der Waals surface area contributed by atoms with Crippen LogP contribution in [0.4, 0.5) is 17.6 Å². The van der Waals surface area contributed by atoms with Crippen LogP contribution in [-0.2, 0) is 10.0 Å². The molecule has 144 valence electrons. The van der Waals surface area contributed by atoms with E-state index < -0.39 is 34.6 Å². The summed E-state index contributed by atoms with van der Waals surface area (Å²) in [5, 5.41) is 2.94. The van der Waals surface area contributed by atoms with Gasteiger partial charge in [0.1, 0.15) is 11.9 Å². The van der Waals surface area contributed by atoms with Gasteiger partial charge >= 0.3 is 6.18 Å². The third-order valence-corrected chi connectivity index (χ3v) is 5.17. The molecule has 1 aliphatic heterocycles. The van der Waals surface area contributed by atoms with E-state index in [9.17, 15) is 26.0 Å². The number of benzene rings is 1. The molecule has 2 rings (SSSR count). The quantitative estimate of drug-likeness (QED) is 0.732. The Labute approximate surface area is 150 Å². The molecule has 5 nitrogen and oxygen atoms in total. The van der Waals surface area contributed by atoms with Crippen LogP contribution in [0.3, 0.4) is 0 Å². The summed E-state index contributed by atoms with van der Waals surface area (Å²) < 4.78 is 79.4. The molecule has 0 radical (unpaired) electrons. The Morgan fingerprint density at radius 1 is 1.24 bits per heavy atom. The third kappa shape index (κ3) is 6.07. The Hall–Kier alpha value is -0.940. The van der Waals surface area contributed by atoms with Crippen LogP contribution in [0.25, 0.3) is 0 Å². The first-order chi connectivity index (χ1) is 11.1. The minimum Gasteiger partial charge on any atom is -0.314 e. The maximum atomic E-state index is 13.3. The molecule has 0 aromatic heterocycles. The number of rotatable bonds is 5. The van der Waals surface area contributed by atoms with Crippen LogP contribution in [0, 0.1) is 12.7 Å². The number of sulfonamides is 1. The van der Waals surface area contributed by atoms with Crippen molar-refractivity contribution in [1.82, 2.24) is 14.9 Å². The fraction of sp³-hybridized carbons (Fsp3) is 0.571. The van der Waals surface area contributed by atoms with Crippen molar-refractivity contribution in [1.29, 1.82) is 0 Å². The van der Waals surface area contributed by atoms with Crippen LogP contribution in [-0.4, -0.2) is 58.3 Å². The fourth-order valence-electron chi connectivity index (χ4n) is 2.58. The number of aryl methyl sites for hydroxylation is 1. The molecule has 1 atom stereocenters. The van der Waals surface area contributed by atoms with E-state index in [-0.39, 0.29) is 30.4 Å². The first-order valence-corrected chi connectivity index (χ1v) is 8.86. The molecule has 0 spiro atoms. The minimum atomic E-state index is -4.57. The topological polar surface area (TPSA) is 61.4 Å². The lowest BCUT2D eigenvalue weighted by Crippen LogP contribution is -2.57. The molecule has 1 fully saturated rings. The van der Waals surface area contributed by atoms with Crippen molar-refractivity contribution in [3.8, 4) is 0 Å². The van der Waals surface area contributed by atoms with E-state index in [0.29, 0.717) is 18.7 Å². The van der Waals surface area contributed by atoms with E-state index in [1.807, 2.05) is 4.72 Å². The van der Waals surface area contributed by atoms with Crippen LogP contribution < -0.4 is 10.0 Å². The second-order valence-corrected chi connectivity index (χ2v) is 7.43. The SMILES string of the molecule is Cc1cc(F)cc(S(=O)(=O)NCC(N2CCNCC2)C(F)(F)F)c1.Cl. The highest BCUT2D eigenvalue weighted by atomic mass is 35.5. The predicted molar refractivity (Wildman–Crippen MR) is 87.9 cm³/mol. The molecule has 25 heavy (non-hydrogen) atoms. The number of alkyl halides is 3. The van der Waals surface area contributed by atoms with Gasteiger partial charge in [0.2, 0.25) is 10.0 Å². The molecular formula is C14H20ClF4N3O2S. The van der Waals surface area contributed by atoms with Gasteiger partial charge in [-0.15, -0.1) is 12.4 Å². The lowest BCUT2D eigenvalue weighted by Gasteiger charge is -2.35. The fourth-order valence-corrected chi connectivity index (χ4v) is 3.73. The monoisotopic (exact) mass is 405 g/mol. The molecular weight excluding hydrogens is 386 g/mol. The maximum absolute atomic E-state index is 13.3. The molecule has 1 unspecified atom stereocenters. The average Bonchev–Trinajstić information content (AvgIpc) is 2.46. The Kier molecular flexibility index (Phi) is 7.63. The van der Waals surface area contributed by atoms with Gasteiger partial charge in [-0.25, -0.2) is 17.5 Å². The smallest absolute Gasteiger partial charge is 0.314 e. The normalized spacial score (nSPS) is 17.8. The van der Waals surface area contributed by atoms with Crippen molar-refractivity contribution in [2.75, 3.05) is 32.7 Å². The first-order valence-electron chi connectivity index (χ1n) is 7.38. The molecule has 1 heterocycles. The van der Waals surface area contributed by atoms with Crippen LogP contribution in [0.1, 0.15) is 5.56 Å². The van der Waals surface area contributed by atoms with Crippen LogP contribution in [0.15, 0.2) is 23.1 Å². The van der Waals surface area contributed by atoms with E-state index in [0.717, 1.165) is 12.1 Å². The van der Waals surface area contributed by atoms with E-state index in [1.54, 1.807) is 0 Å². The molecule has 2 N–H and O–H groups in total. The second-order valence-electron chi connectivity index (χ2n) is 5.66. The number of nitrogens with zero attached hydrogens (tertiary/aromatic N) is 1. The second kappa shape index (κ2) is 8.63. The molecule has 1 aliphatic rings. The highest BCUT2D eigenvalue weighted by Gasteiger charge is 2.44. The lowest BCUT2D eigenvalue weighted by atomic mass is 10.2. The standard InChI is InChI=1S/C14H19F4N3O2S.ClH/c1-10-6-11(15)8-12(7-10)24(22,23)20-9-13(14(16,17)18)21-4-2-19-3-5-21;/h6-8,13,19-20H,2-5,9H2,1H3;1H. The summed E-state index contributed by atoms with van der Waals surface area (Å²) in [5.74, 6) is -0.759. The first kappa shape index (κ1) is 22.1. The predicted octanol–water partition coefficient (Wildman–Crippen LogP) is 1.67. The summed E-state index contributed by atoms with van der Waals surface area (Å²) in [6.07, 6.45) is -4.57. The summed E-state index contributed by atoms with van der Waals surface area (Å²) in [4.78, 5) is 0.803. The number of nitrogens with one attached hydrogen (secondary N) is 2. The summed E-state index contributed by atoms with van der Waals surface area (Å²) >= 11 is 0. The van der Waals surface area contributed by atoms with Gasteiger partial charge in [-0.1, -0.05) is 0 Å². The summed E-state index contributed by atoms with van der Waals surface area (Å²) in [6, 6.07) is 1.20.